The van der Waals surface area contributed by atoms with Crippen molar-refractivity contribution in [3.05, 3.63) is 0 Å². The van der Waals surface area contributed by atoms with Gasteiger partial charge in [0.05, 0.1) is 11.2 Å². The summed E-state index contributed by atoms with van der Waals surface area (Å²) in [6, 6.07) is 0. The Labute approximate surface area is 111 Å². The number of fused-ring (bicyclic) bond motifs is 1. The van der Waals surface area contributed by atoms with Crippen molar-refractivity contribution >= 4 is 0 Å². The van der Waals surface area contributed by atoms with Crippen molar-refractivity contribution in [3.63, 3.8) is 0 Å². The molecular formula is C15H29NO2. The lowest BCUT2D eigenvalue weighted by Crippen LogP contribution is -2.56. The van der Waals surface area contributed by atoms with Gasteiger partial charge in [0.2, 0.25) is 0 Å². The quantitative estimate of drug-likeness (QED) is 0.809. The second-order valence-electron chi connectivity index (χ2n) is 6.46. The highest BCUT2D eigenvalue weighted by Gasteiger charge is 2.43. The summed E-state index contributed by atoms with van der Waals surface area (Å²) >= 11 is 0. The summed E-state index contributed by atoms with van der Waals surface area (Å²) in [4.78, 5) is 2.37. The molecule has 1 heterocycles. The zero-order valence-electron chi connectivity index (χ0n) is 12.0. The summed E-state index contributed by atoms with van der Waals surface area (Å²) in [5.74, 6) is 0.429. The molecule has 0 aromatic rings. The molecule has 2 aliphatic rings. The molecule has 1 aliphatic carbocycles. The SMILES string of the molecule is CCC(O)(CC)CN1CCC2(O)CCCCC2C1. The Balaban J connectivity index is 1.94. The van der Waals surface area contributed by atoms with Gasteiger partial charge in [-0.05, 0) is 32.1 Å². The summed E-state index contributed by atoms with van der Waals surface area (Å²) in [5, 5.41) is 21.1. The smallest absolute Gasteiger partial charge is 0.0768 e. The van der Waals surface area contributed by atoms with Crippen molar-refractivity contribution < 1.29 is 10.2 Å². The molecule has 2 rings (SSSR count). The van der Waals surface area contributed by atoms with Crippen LogP contribution >= 0.6 is 0 Å². The van der Waals surface area contributed by atoms with Gasteiger partial charge in [-0.1, -0.05) is 26.7 Å². The Hall–Kier alpha value is -0.120. The third-order valence-electron chi connectivity index (χ3n) is 5.35. The second-order valence-corrected chi connectivity index (χ2v) is 6.46. The summed E-state index contributed by atoms with van der Waals surface area (Å²) in [6.45, 7) is 6.80. The van der Waals surface area contributed by atoms with E-state index < -0.39 is 11.2 Å². The Kier molecular flexibility index (Phi) is 4.35. The van der Waals surface area contributed by atoms with E-state index in [0.29, 0.717) is 5.92 Å². The molecule has 2 fully saturated rings. The molecule has 0 amide bonds. The van der Waals surface area contributed by atoms with Gasteiger partial charge in [-0.25, -0.2) is 0 Å². The van der Waals surface area contributed by atoms with Crippen LogP contribution in [0.1, 0.15) is 58.8 Å². The summed E-state index contributed by atoms with van der Waals surface area (Å²) in [5.41, 5.74) is -0.935. The number of β-amino-alcohol motifs (C(OH)–C–C–N with tert-alkyl or cyclic N) is 1. The maximum absolute atomic E-state index is 10.6. The van der Waals surface area contributed by atoms with Crippen LogP contribution < -0.4 is 0 Å². The maximum atomic E-state index is 10.6. The average Bonchev–Trinajstić information content (AvgIpc) is 2.39. The van der Waals surface area contributed by atoms with Crippen LogP contribution in [-0.4, -0.2) is 45.9 Å². The predicted octanol–water partition coefficient (Wildman–Crippen LogP) is 2.16. The van der Waals surface area contributed by atoms with Crippen molar-refractivity contribution in [1.29, 1.82) is 0 Å². The van der Waals surface area contributed by atoms with Crippen LogP contribution in [0.25, 0.3) is 0 Å². The number of aliphatic hydroxyl groups is 2. The van der Waals surface area contributed by atoms with Crippen molar-refractivity contribution in [3.8, 4) is 0 Å². The van der Waals surface area contributed by atoms with Gasteiger partial charge in [-0.3, -0.25) is 4.90 Å². The molecule has 1 saturated heterocycles. The van der Waals surface area contributed by atoms with E-state index in [9.17, 15) is 10.2 Å². The number of rotatable bonds is 4. The molecule has 18 heavy (non-hydrogen) atoms. The summed E-state index contributed by atoms with van der Waals surface area (Å²) in [6.07, 6.45) is 7.10. The van der Waals surface area contributed by atoms with Crippen molar-refractivity contribution in [2.75, 3.05) is 19.6 Å². The van der Waals surface area contributed by atoms with Crippen LogP contribution in [0.4, 0.5) is 0 Å². The minimum Gasteiger partial charge on any atom is -0.390 e. The standard InChI is InChI=1S/C15H29NO2/c1-3-14(17,4-2)12-16-10-9-15(18)8-6-5-7-13(15)11-16/h13,17-18H,3-12H2,1-2H3. The molecule has 0 spiro atoms. The maximum Gasteiger partial charge on any atom is 0.0768 e. The van der Waals surface area contributed by atoms with Gasteiger partial charge in [-0.2, -0.15) is 0 Å². The molecule has 2 N–H and O–H groups in total. The Morgan fingerprint density at radius 2 is 1.94 bits per heavy atom. The molecule has 106 valence electrons. The van der Waals surface area contributed by atoms with Crippen molar-refractivity contribution in [2.45, 2.75) is 70.0 Å². The molecule has 0 bridgehead atoms. The fourth-order valence-corrected chi connectivity index (χ4v) is 3.67. The van der Waals surface area contributed by atoms with Crippen LogP contribution in [-0.2, 0) is 0 Å². The fourth-order valence-electron chi connectivity index (χ4n) is 3.67. The first-order chi connectivity index (χ1) is 8.51. The molecule has 3 nitrogen and oxygen atoms in total. The molecule has 3 heteroatoms. The van der Waals surface area contributed by atoms with E-state index in [-0.39, 0.29) is 0 Å². The van der Waals surface area contributed by atoms with Gasteiger partial charge >= 0.3 is 0 Å². The van der Waals surface area contributed by atoms with Gasteiger partial charge in [0, 0.05) is 25.6 Å². The lowest BCUT2D eigenvalue weighted by atomic mass is 9.71. The topological polar surface area (TPSA) is 43.7 Å². The highest BCUT2D eigenvalue weighted by atomic mass is 16.3. The minimum absolute atomic E-state index is 0.398. The molecule has 1 aliphatic heterocycles. The average molecular weight is 255 g/mol. The highest BCUT2D eigenvalue weighted by Crippen LogP contribution is 2.40. The lowest BCUT2D eigenvalue weighted by Gasteiger charge is -2.48. The van der Waals surface area contributed by atoms with Gasteiger partial charge in [0.1, 0.15) is 0 Å². The molecule has 0 aromatic carbocycles. The lowest BCUT2D eigenvalue weighted by molar-refractivity contribution is -0.109. The van der Waals surface area contributed by atoms with Gasteiger partial charge in [-0.15, -0.1) is 0 Å². The molecule has 0 aromatic heterocycles. The summed E-state index contributed by atoms with van der Waals surface area (Å²) in [7, 11) is 0. The largest absolute Gasteiger partial charge is 0.390 e. The Morgan fingerprint density at radius 3 is 2.61 bits per heavy atom. The fraction of sp³-hybridized carbons (Fsp3) is 1.00. The van der Waals surface area contributed by atoms with Crippen LogP contribution in [0.2, 0.25) is 0 Å². The first-order valence-electron chi connectivity index (χ1n) is 7.68. The van der Waals surface area contributed by atoms with Gasteiger partial charge < -0.3 is 10.2 Å². The van der Waals surface area contributed by atoms with Crippen molar-refractivity contribution in [2.24, 2.45) is 5.92 Å². The molecule has 2 unspecified atom stereocenters. The van der Waals surface area contributed by atoms with E-state index in [1.54, 1.807) is 0 Å². The number of nitrogens with zero attached hydrogens (tertiary/aromatic N) is 1. The number of hydrogen-bond donors (Lipinski definition) is 2. The number of likely N-dealkylation sites (tertiary alicyclic amines) is 1. The number of piperidine rings is 1. The first-order valence-corrected chi connectivity index (χ1v) is 7.68. The zero-order chi connectivity index (χ0) is 13.2. The van der Waals surface area contributed by atoms with Crippen LogP contribution in [0.5, 0.6) is 0 Å². The third-order valence-corrected chi connectivity index (χ3v) is 5.35. The van der Waals surface area contributed by atoms with E-state index in [4.69, 9.17) is 0 Å². The monoisotopic (exact) mass is 255 g/mol. The van der Waals surface area contributed by atoms with Crippen LogP contribution in [0, 0.1) is 5.92 Å². The Bertz CT molecular complexity index is 278. The van der Waals surface area contributed by atoms with E-state index in [0.717, 1.165) is 51.7 Å². The first kappa shape index (κ1) is 14.3. The highest BCUT2D eigenvalue weighted by molar-refractivity contribution is 4.96. The number of hydrogen-bond acceptors (Lipinski definition) is 3. The summed E-state index contributed by atoms with van der Waals surface area (Å²) < 4.78 is 0. The van der Waals surface area contributed by atoms with E-state index in [1.807, 2.05) is 0 Å². The molecule has 1 saturated carbocycles. The van der Waals surface area contributed by atoms with E-state index >= 15 is 0 Å². The predicted molar refractivity (Wildman–Crippen MR) is 73.5 cm³/mol. The minimum atomic E-state index is -0.538. The van der Waals surface area contributed by atoms with E-state index in [2.05, 4.69) is 18.7 Å². The molecule has 2 atom stereocenters. The van der Waals surface area contributed by atoms with Gasteiger partial charge in [0.15, 0.2) is 0 Å². The van der Waals surface area contributed by atoms with Gasteiger partial charge in [0.25, 0.3) is 0 Å². The zero-order valence-corrected chi connectivity index (χ0v) is 12.0. The van der Waals surface area contributed by atoms with Crippen LogP contribution in [0.3, 0.4) is 0 Å². The normalized spacial score (nSPS) is 34.3. The third kappa shape index (κ3) is 2.89. The van der Waals surface area contributed by atoms with E-state index in [1.165, 1.54) is 12.8 Å². The molecule has 0 radical (unpaired) electrons. The molecular weight excluding hydrogens is 226 g/mol. The van der Waals surface area contributed by atoms with Crippen LogP contribution in [0.15, 0.2) is 0 Å². The second kappa shape index (κ2) is 5.48. The van der Waals surface area contributed by atoms with Crippen molar-refractivity contribution in [1.82, 2.24) is 4.90 Å². The Morgan fingerprint density at radius 1 is 1.22 bits per heavy atom.